The summed E-state index contributed by atoms with van der Waals surface area (Å²) in [4.78, 5) is 30.5. The number of thiophene rings is 1. The van der Waals surface area contributed by atoms with Crippen molar-refractivity contribution in [1.82, 2.24) is 14.4 Å². The molecule has 2 fully saturated rings. The molecule has 33 heavy (non-hydrogen) atoms. The molecule has 174 valence electrons. The summed E-state index contributed by atoms with van der Waals surface area (Å²) in [6.07, 6.45) is 3.71. The van der Waals surface area contributed by atoms with Crippen LogP contribution in [-0.4, -0.2) is 52.4 Å². The van der Waals surface area contributed by atoms with Gasteiger partial charge in [-0.05, 0) is 66.8 Å². The zero-order valence-corrected chi connectivity index (χ0v) is 20.6. The third-order valence-electron chi connectivity index (χ3n) is 7.22. The van der Waals surface area contributed by atoms with E-state index in [2.05, 4.69) is 22.9 Å². The van der Waals surface area contributed by atoms with Crippen LogP contribution in [0.15, 0.2) is 41.8 Å². The number of halogens is 1. The zero-order valence-electron chi connectivity index (χ0n) is 19.0. The van der Waals surface area contributed by atoms with Crippen LogP contribution in [0.1, 0.15) is 48.7 Å². The first kappa shape index (κ1) is 22.5. The number of likely N-dealkylation sites (tertiary alicyclic amines) is 2. The fourth-order valence-electron chi connectivity index (χ4n) is 5.08. The number of aromatic nitrogens is 1. The van der Waals surface area contributed by atoms with Crippen molar-refractivity contribution in [2.45, 2.75) is 39.2 Å². The first-order valence-electron chi connectivity index (χ1n) is 11.9. The topological polar surface area (TPSA) is 45.6 Å². The zero-order chi connectivity index (χ0) is 22.9. The van der Waals surface area contributed by atoms with E-state index >= 15 is 0 Å². The van der Waals surface area contributed by atoms with Crippen LogP contribution in [0.25, 0.3) is 10.2 Å². The average molecular weight is 484 g/mol. The second kappa shape index (κ2) is 9.51. The molecule has 0 unspecified atom stereocenters. The fourth-order valence-corrected chi connectivity index (χ4v) is 6.02. The summed E-state index contributed by atoms with van der Waals surface area (Å²) in [5.41, 5.74) is 2.92. The molecule has 4 heterocycles. The predicted octanol–water partition coefficient (Wildman–Crippen LogP) is 5.52. The highest BCUT2D eigenvalue weighted by Crippen LogP contribution is 2.29. The maximum absolute atomic E-state index is 13.5. The quantitative estimate of drug-likeness (QED) is 0.490. The van der Waals surface area contributed by atoms with Gasteiger partial charge in [-0.15, -0.1) is 11.3 Å². The first-order valence-corrected chi connectivity index (χ1v) is 13.1. The Morgan fingerprint density at radius 1 is 0.970 bits per heavy atom. The summed E-state index contributed by atoms with van der Waals surface area (Å²) >= 11 is 7.71. The minimum atomic E-state index is 0.0480. The van der Waals surface area contributed by atoms with Gasteiger partial charge in [0.15, 0.2) is 0 Å². The maximum atomic E-state index is 13.5. The minimum absolute atomic E-state index is 0.0480. The second-order valence-electron chi connectivity index (χ2n) is 9.49. The Kier molecular flexibility index (Phi) is 6.48. The van der Waals surface area contributed by atoms with Gasteiger partial charge in [-0.3, -0.25) is 9.59 Å². The standard InChI is InChI=1S/C26H30ClN3O2S/c1-18-6-11-28(12-7-18)25(31)20-8-13-29(14-9-20)26(32)23-16-24-22(10-15-33-24)30(23)17-19-2-4-21(27)5-3-19/h2-5,10,15-16,18,20H,6-9,11-14,17H2,1H3. The molecule has 5 rings (SSSR count). The van der Waals surface area contributed by atoms with Gasteiger partial charge in [0.05, 0.1) is 10.2 Å². The van der Waals surface area contributed by atoms with E-state index in [1.165, 1.54) is 0 Å². The van der Waals surface area contributed by atoms with Crippen LogP contribution >= 0.6 is 22.9 Å². The van der Waals surface area contributed by atoms with Crippen molar-refractivity contribution in [3.05, 3.63) is 58.1 Å². The number of carbonyl (C=O) groups is 2. The van der Waals surface area contributed by atoms with Gasteiger partial charge < -0.3 is 14.4 Å². The second-order valence-corrected chi connectivity index (χ2v) is 10.9. The average Bonchev–Trinajstić information content (AvgIpc) is 3.43. The largest absolute Gasteiger partial charge is 0.342 e. The monoisotopic (exact) mass is 483 g/mol. The Morgan fingerprint density at radius 3 is 2.33 bits per heavy atom. The molecule has 2 aliphatic heterocycles. The number of carbonyl (C=O) groups excluding carboxylic acids is 2. The van der Waals surface area contributed by atoms with Gasteiger partial charge in [0.2, 0.25) is 5.91 Å². The van der Waals surface area contributed by atoms with Gasteiger partial charge in [-0.2, -0.15) is 0 Å². The van der Waals surface area contributed by atoms with Crippen molar-refractivity contribution in [2.75, 3.05) is 26.2 Å². The number of benzene rings is 1. The first-order chi connectivity index (χ1) is 16.0. The Morgan fingerprint density at radius 2 is 1.64 bits per heavy atom. The van der Waals surface area contributed by atoms with E-state index in [9.17, 15) is 9.59 Å². The molecule has 3 aromatic rings. The van der Waals surface area contributed by atoms with Gasteiger partial charge >= 0.3 is 0 Å². The van der Waals surface area contributed by atoms with Crippen LogP contribution in [0.3, 0.4) is 0 Å². The van der Waals surface area contributed by atoms with Crippen molar-refractivity contribution in [3.8, 4) is 0 Å². The van der Waals surface area contributed by atoms with E-state index in [0.717, 1.165) is 60.2 Å². The van der Waals surface area contributed by atoms with E-state index in [0.29, 0.717) is 36.5 Å². The van der Waals surface area contributed by atoms with Crippen molar-refractivity contribution in [3.63, 3.8) is 0 Å². The number of piperidine rings is 2. The predicted molar refractivity (Wildman–Crippen MR) is 134 cm³/mol. The summed E-state index contributed by atoms with van der Waals surface area (Å²) in [6, 6.07) is 11.9. The number of amides is 2. The molecule has 0 N–H and O–H groups in total. The molecule has 0 saturated carbocycles. The van der Waals surface area contributed by atoms with Gasteiger partial charge in [0, 0.05) is 43.7 Å². The number of nitrogens with zero attached hydrogens (tertiary/aromatic N) is 3. The number of hydrogen-bond donors (Lipinski definition) is 0. The third kappa shape index (κ3) is 4.69. The number of rotatable bonds is 4. The molecule has 2 aromatic heterocycles. The number of fused-ring (bicyclic) bond motifs is 1. The lowest BCUT2D eigenvalue weighted by Gasteiger charge is -2.36. The fraction of sp³-hybridized carbons (Fsp3) is 0.462. The van der Waals surface area contributed by atoms with E-state index in [-0.39, 0.29) is 11.8 Å². The molecule has 0 spiro atoms. The Balaban J connectivity index is 1.28. The maximum Gasteiger partial charge on any atom is 0.270 e. The van der Waals surface area contributed by atoms with Crippen LogP contribution in [0.2, 0.25) is 5.02 Å². The number of hydrogen-bond acceptors (Lipinski definition) is 3. The normalized spacial score (nSPS) is 18.2. The lowest BCUT2D eigenvalue weighted by molar-refractivity contribution is -0.138. The van der Waals surface area contributed by atoms with Crippen LogP contribution in [0, 0.1) is 11.8 Å². The smallest absolute Gasteiger partial charge is 0.270 e. The summed E-state index contributed by atoms with van der Waals surface area (Å²) in [5, 5.41) is 2.77. The molecular weight excluding hydrogens is 454 g/mol. The highest BCUT2D eigenvalue weighted by atomic mass is 35.5. The highest BCUT2D eigenvalue weighted by Gasteiger charge is 2.32. The molecule has 7 heteroatoms. The van der Waals surface area contributed by atoms with E-state index in [4.69, 9.17) is 11.6 Å². The molecule has 0 aliphatic carbocycles. The summed E-state index contributed by atoms with van der Waals surface area (Å²) in [7, 11) is 0. The van der Waals surface area contributed by atoms with Gasteiger partial charge in [-0.1, -0.05) is 30.7 Å². The molecular formula is C26H30ClN3O2S. The molecule has 0 radical (unpaired) electrons. The van der Waals surface area contributed by atoms with Gasteiger partial charge in [0.25, 0.3) is 5.91 Å². The van der Waals surface area contributed by atoms with E-state index in [1.54, 1.807) is 11.3 Å². The van der Waals surface area contributed by atoms with Crippen LogP contribution in [0.5, 0.6) is 0 Å². The highest BCUT2D eigenvalue weighted by molar-refractivity contribution is 7.17. The SMILES string of the molecule is CC1CCN(C(=O)C2CCN(C(=O)c3cc4sccc4n3Cc3ccc(Cl)cc3)CC2)CC1. The summed E-state index contributed by atoms with van der Waals surface area (Å²) in [6.45, 7) is 5.93. The molecule has 0 atom stereocenters. The van der Waals surface area contributed by atoms with Crippen LogP contribution in [0.4, 0.5) is 0 Å². The Labute approximate surface area is 203 Å². The summed E-state index contributed by atoms with van der Waals surface area (Å²) < 4.78 is 3.24. The lowest BCUT2D eigenvalue weighted by Crippen LogP contribution is -2.46. The van der Waals surface area contributed by atoms with Gasteiger partial charge in [-0.25, -0.2) is 0 Å². The lowest BCUT2D eigenvalue weighted by atomic mass is 9.92. The minimum Gasteiger partial charge on any atom is -0.342 e. The molecule has 2 aliphatic rings. The van der Waals surface area contributed by atoms with Crippen molar-refractivity contribution < 1.29 is 9.59 Å². The third-order valence-corrected chi connectivity index (χ3v) is 8.33. The van der Waals surface area contributed by atoms with Crippen molar-refractivity contribution >= 4 is 45.0 Å². The van der Waals surface area contributed by atoms with E-state index in [1.807, 2.05) is 40.1 Å². The molecule has 2 saturated heterocycles. The van der Waals surface area contributed by atoms with Crippen molar-refractivity contribution in [1.29, 1.82) is 0 Å². The van der Waals surface area contributed by atoms with Gasteiger partial charge in [0.1, 0.15) is 5.69 Å². The molecule has 0 bridgehead atoms. The van der Waals surface area contributed by atoms with Crippen molar-refractivity contribution in [2.24, 2.45) is 11.8 Å². The molecule has 1 aromatic carbocycles. The molecule has 5 nitrogen and oxygen atoms in total. The summed E-state index contributed by atoms with van der Waals surface area (Å²) in [5.74, 6) is 1.12. The Bertz CT molecular complexity index is 1140. The van der Waals surface area contributed by atoms with Crippen LogP contribution < -0.4 is 0 Å². The Hall–Kier alpha value is -2.31. The molecule has 2 amide bonds. The van der Waals surface area contributed by atoms with Crippen LogP contribution in [-0.2, 0) is 11.3 Å². The van der Waals surface area contributed by atoms with E-state index < -0.39 is 0 Å².